The summed E-state index contributed by atoms with van der Waals surface area (Å²) in [4.78, 5) is 19.1. The van der Waals surface area contributed by atoms with Gasteiger partial charge in [-0.3, -0.25) is 9.78 Å². The van der Waals surface area contributed by atoms with E-state index in [1.54, 1.807) is 0 Å². The number of rotatable bonds is 6. The van der Waals surface area contributed by atoms with Gasteiger partial charge in [-0.1, -0.05) is 25.5 Å². The second-order valence-corrected chi connectivity index (χ2v) is 6.30. The van der Waals surface area contributed by atoms with Gasteiger partial charge in [0.2, 0.25) is 5.91 Å². The maximum Gasteiger partial charge on any atom is 0.223 e. The SMILES string of the molecule is CCCCC(=O)N(Cc1ccc2ncccc2c1)[C@H]1CCNC1. The second-order valence-electron chi connectivity index (χ2n) is 6.30. The Kier molecular flexibility index (Phi) is 5.23. The molecule has 2 aromatic rings. The summed E-state index contributed by atoms with van der Waals surface area (Å²) in [6.45, 7) is 4.74. The van der Waals surface area contributed by atoms with Crippen LogP contribution in [0.2, 0.25) is 0 Å². The predicted molar refractivity (Wildman–Crippen MR) is 93.1 cm³/mol. The third-order valence-electron chi connectivity index (χ3n) is 4.56. The van der Waals surface area contributed by atoms with Crippen LogP contribution in [-0.2, 0) is 11.3 Å². The molecule has 4 heteroatoms. The largest absolute Gasteiger partial charge is 0.334 e. The lowest BCUT2D eigenvalue weighted by atomic mass is 10.1. The van der Waals surface area contributed by atoms with Crippen molar-refractivity contribution in [3.05, 3.63) is 42.1 Å². The highest BCUT2D eigenvalue weighted by Gasteiger charge is 2.26. The van der Waals surface area contributed by atoms with Crippen molar-refractivity contribution in [3.8, 4) is 0 Å². The van der Waals surface area contributed by atoms with Crippen molar-refractivity contribution < 1.29 is 4.79 Å². The summed E-state index contributed by atoms with van der Waals surface area (Å²) in [5.41, 5.74) is 2.19. The Bertz CT molecular complexity index is 664. The average Bonchev–Trinajstić information content (AvgIpc) is 3.11. The Balaban J connectivity index is 1.79. The number of carbonyl (C=O) groups is 1. The molecule has 1 fully saturated rings. The van der Waals surface area contributed by atoms with Crippen molar-refractivity contribution in [1.82, 2.24) is 15.2 Å². The van der Waals surface area contributed by atoms with E-state index in [2.05, 4.69) is 40.3 Å². The normalized spacial score (nSPS) is 17.5. The number of hydrogen-bond acceptors (Lipinski definition) is 3. The van der Waals surface area contributed by atoms with Crippen molar-refractivity contribution in [3.63, 3.8) is 0 Å². The standard InChI is InChI=1S/C19H25N3O/c1-2-3-6-19(23)22(17-9-11-20-13-17)14-15-7-8-18-16(12-15)5-4-10-21-18/h4-5,7-8,10,12,17,20H,2-3,6,9,11,13-14H2,1H3/t17-/m0/s1. The van der Waals surface area contributed by atoms with Crippen LogP contribution in [0, 0.1) is 0 Å². The van der Waals surface area contributed by atoms with Crippen molar-refractivity contribution in [1.29, 1.82) is 0 Å². The predicted octanol–water partition coefficient (Wildman–Crippen LogP) is 3.12. The van der Waals surface area contributed by atoms with E-state index in [0.29, 0.717) is 19.0 Å². The summed E-state index contributed by atoms with van der Waals surface area (Å²) in [6.07, 6.45) is 5.54. The van der Waals surface area contributed by atoms with E-state index < -0.39 is 0 Å². The molecule has 1 amide bonds. The third kappa shape index (κ3) is 3.88. The number of fused-ring (bicyclic) bond motifs is 1. The molecule has 1 aliphatic heterocycles. The molecule has 0 bridgehead atoms. The fourth-order valence-electron chi connectivity index (χ4n) is 3.22. The number of nitrogens with one attached hydrogen (secondary N) is 1. The molecule has 0 radical (unpaired) electrons. The molecule has 4 nitrogen and oxygen atoms in total. The lowest BCUT2D eigenvalue weighted by Crippen LogP contribution is -2.41. The van der Waals surface area contributed by atoms with Crippen molar-refractivity contribution >= 4 is 16.8 Å². The quantitative estimate of drug-likeness (QED) is 0.891. The molecule has 1 saturated heterocycles. The summed E-state index contributed by atoms with van der Waals surface area (Å²) >= 11 is 0. The molecule has 0 unspecified atom stereocenters. The molecule has 0 saturated carbocycles. The number of unbranched alkanes of at least 4 members (excludes halogenated alkanes) is 1. The Labute approximate surface area is 137 Å². The molecule has 3 rings (SSSR count). The van der Waals surface area contributed by atoms with Crippen LogP contribution >= 0.6 is 0 Å². The Morgan fingerprint density at radius 1 is 1.39 bits per heavy atom. The highest BCUT2D eigenvalue weighted by atomic mass is 16.2. The van der Waals surface area contributed by atoms with Gasteiger partial charge in [-0.15, -0.1) is 0 Å². The lowest BCUT2D eigenvalue weighted by molar-refractivity contribution is -0.134. The number of amides is 1. The van der Waals surface area contributed by atoms with Crippen LogP contribution in [0.1, 0.15) is 38.2 Å². The molecule has 1 aromatic heterocycles. The minimum absolute atomic E-state index is 0.284. The Hall–Kier alpha value is -1.94. The molecule has 122 valence electrons. The monoisotopic (exact) mass is 311 g/mol. The molecule has 1 atom stereocenters. The maximum atomic E-state index is 12.6. The number of nitrogens with zero attached hydrogens (tertiary/aromatic N) is 2. The molecule has 0 aliphatic carbocycles. The van der Waals surface area contributed by atoms with Gasteiger partial charge in [0.25, 0.3) is 0 Å². The first-order valence-corrected chi connectivity index (χ1v) is 8.62. The molecule has 23 heavy (non-hydrogen) atoms. The van der Waals surface area contributed by atoms with E-state index in [0.717, 1.165) is 43.3 Å². The van der Waals surface area contributed by atoms with Gasteiger partial charge in [-0.2, -0.15) is 0 Å². The van der Waals surface area contributed by atoms with Gasteiger partial charge >= 0.3 is 0 Å². The molecular formula is C19H25N3O. The molecule has 0 spiro atoms. The number of benzene rings is 1. The topological polar surface area (TPSA) is 45.2 Å². The number of aromatic nitrogens is 1. The van der Waals surface area contributed by atoms with E-state index in [1.807, 2.05) is 18.3 Å². The van der Waals surface area contributed by atoms with Gasteiger partial charge in [-0.05, 0) is 43.1 Å². The zero-order valence-electron chi connectivity index (χ0n) is 13.8. The van der Waals surface area contributed by atoms with Gasteiger partial charge in [-0.25, -0.2) is 0 Å². The van der Waals surface area contributed by atoms with Gasteiger partial charge < -0.3 is 10.2 Å². The number of hydrogen-bond donors (Lipinski definition) is 1. The zero-order valence-corrected chi connectivity index (χ0v) is 13.8. The van der Waals surface area contributed by atoms with Gasteiger partial charge in [0.05, 0.1) is 5.52 Å². The highest BCUT2D eigenvalue weighted by Crippen LogP contribution is 2.19. The lowest BCUT2D eigenvalue weighted by Gasteiger charge is -2.29. The van der Waals surface area contributed by atoms with Crippen LogP contribution in [0.5, 0.6) is 0 Å². The maximum absolute atomic E-state index is 12.6. The minimum atomic E-state index is 0.284. The first-order valence-electron chi connectivity index (χ1n) is 8.62. The van der Waals surface area contributed by atoms with Crippen molar-refractivity contribution in [2.45, 2.75) is 45.2 Å². The second kappa shape index (κ2) is 7.55. The van der Waals surface area contributed by atoms with Crippen LogP contribution in [0.4, 0.5) is 0 Å². The van der Waals surface area contributed by atoms with Crippen molar-refractivity contribution in [2.75, 3.05) is 13.1 Å². The third-order valence-corrected chi connectivity index (χ3v) is 4.56. The van der Waals surface area contributed by atoms with E-state index in [9.17, 15) is 4.79 Å². The Morgan fingerprint density at radius 3 is 3.09 bits per heavy atom. The van der Waals surface area contributed by atoms with Crippen LogP contribution in [-0.4, -0.2) is 34.9 Å². The minimum Gasteiger partial charge on any atom is -0.334 e. The average molecular weight is 311 g/mol. The fourth-order valence-corrected chi connectivity index (χ4v) is 3.22. The smallest absolute Gasteiger partial charge is 0.223 e. The molecule has 1 N–H and O–H groups in total. The van der Waals surface area contributed by atoms with Gasteiger partial charge in [0, 0.05) is 37.1 Å². The van der Waals surface area contributed by atoms with Crippen LogP contribution in [0.25, 0.3) is 10.9 Å². The van der Waals surface area contributed by atoms with Crippen LogP contribution < -0.4 is 5.32 Å². The first kappa shape index (κ1) is 15.9. The fraction of sp³-hybridized carbons (Fsp3) is 0.474. The van der Waals surface area contributed by atoms with Crippen molar-refractivity contribution in [2.24, 2.45) is 0 Å². The molecule has 1 aliphatic rings. The summed E-state index contributed by atoms with van der Waals surface area (Å²) in [5, 5.41) is 4.51. The molecular weight excluding hydrogens is 286 g/mol. The van der Waals surface area contributed by atoms with E-state index in [1.165, 1.54) is 5.56 Å². The van der Waals surface area contributed by atoms with E-state index in [4.69, 9.17) is 0 Å². The number of carbonyl (C=O) groups excluding carboxylic acids is 1. The van der Waals surface area contributed by atoms with E-state index >= 15 is 0 Å². The molecule has 1 aromatic carbocycles. The highest BCUT2D eigenvalue weighted by molar-refractivity contribution is 5.79. The van der Waals surface area contributed by atoms with Crippen LogP contribution in [0.15, 0.2) is 36.5 Å². The zero-order chi connectivity index (χ0) is 16.1. The number of pyridine rings is 1. The summed E-state index contributed by atoms with van der Waals surface area (Å²) in [6, 6.07) is 10.7. The molecule has 2 heterocycles. The van der Waals surface area contributed by atoms with Gasteiger partial charge in [0.15, 0.2) is 0 Å². The summed E-state index contributed by atoms with van der Waals surface area (Å²) in [5.74, 6) is 0.284. The Morgan fingerprint density at radius 2 is 2.30 bits per heavy atom. The first-order chi connectivity index (χ1) is 11.3. The summed E-state index contributed by atoms with van der Waals surface area (Å²) < 4.78 is 0. The van der Waals surface area contributed by atoms with Gasteiger partial charge in [0.1, 0.15) is 0 Å². The van der Waals surface area contributed by atoms with Crippen LogP contribution in [0.3, 0.4) is 0 Å². The van der Waals surface area contributed by atoms with E-state index in [-0.39, 0.29) is 5.91 Å². The summed E-state index contributed by atoms with van der Waals surface area (Å²) in [7, 11) is 0.